The molecule has 0 unspecified atom stereocenters. The number of hydrogen-bond acceptors (Lipinski definition) is 5. The lowest BCUT2D eigenvalue weighted by molar-refractivity contribution is 0.0988. The SMILES string of the molecule is CCN(C(=O)c1ccccc1Cl)c1nnc(-c2cc(C)c(OC)c(C)c2)s1. The molecule has 27 heavy (non-hydrogen) atoms. The summed E-state index contributed by atoms with van der Waals surface area (Å²) in [5, 5.41) is 10.3. The van der Waals surface area contributed by atoms with Crippen molar-refractivity contribution in [3.8, 4) is 16.3 Å². The summed E-state index contributed by atoms with van der Waals surface area (Å²) in [7, 11) is 1.66. The average Bonchev–Trinajstić information content (AvgIpc) is 3.12. The van der Waals surface area contributed by atoms with E-state index in [2.05, 4.69) is 10.2 Å². The standard InChI is InChI=1S/C20H20ClN3O2S/c1-5-24(19(25)15-8-6-7-9-16(15)21)20-23-22-18(27-20)14-10-12(2)17(26-4)13(3)11-14/h6-11H,5H2,1-4H3. The summed E-state index contributed by atoms with van der Waals surface area (Å²) in [6.07, 6.45) is 0. The van der Waals surface area contributed by atoms with Crippen LogP contribution in [0.15, 0.2) is 36.4 Å². The summed E-state index contributed by atoms with van der Waals surface area (Å²) in [6.45, 7) is 6.37. The third-order valence-electron chi connectivity index (χ3n) is 4.22. The minimum atomic E-state index is -0.187. The Bertz CT molecular complexity index is 964. The van der Waals surface area contributed by atoms with E-state index >= 15 is 0 Å². The maximum atomic E-state index is 12.9. The van der Waals surface area contributed by atoms with Crippen molar-refractivity contribution in [3.05, 3.63) is 58.1 Å². The molecule has 0 bridgehead atoms. The Morgan fingerprint density at radius 1 is 1.19 bits per heavy atom. The molecule has 7 heteroatoms. The van der Waals surface area contributed by atoms with E-state index < -0.39 is 0 Å². The molecule has 5 nitrogen and oxygen atoms in total. The van der Waals surface area contributed by atoms with Crippen LogP contribution in [0, 0.1) is 13.8 Å². The third-order valence-corrected chi connectivity index (χ3v) is 5.55. The number of aryl methyl sites for hydroxylation is 2. The molecule has 3 aromatic rings. The monoisotopic (exact) mass is 401 g/mol. The van der Waals surface area contributed by atoms with Crippen LogP contribution in [0.1, 0.15) is 28.4 Å². The van der Waals surface area contributed by atoms with E-state index in [4.69, 9.17) is 16.3 Å². The van der Waals surface area contributed by atoms with E-state index in [1.54, 1.807) is 36.3 Å². The number of rotatable bonds is 5. The second-order valence-electron chi connectivity index (χ2n) is 6.06. The van der Waals surface area contributed by atoms with Crippen LogP contribution >= 0.6 is 22.9 Å². The van der Waals surface area contributed by atoms with Crippen molar-refractivity contribution in [3.63, 3.8) is 0 Å². The van der Waals surface area contributed by atoms with Gasteiger partial charge < -0.3 is 4.74 Å². The fourth-order valence-corrected chi connectivity index (χ4v) is 4.09. The largest absolute Gasteiger partial charge is 0.496 e. The Kier molecular flexibility index (Phi) is 5.77. The fourth-order valence-electron chi connectivity index (χ4n) is 2.98. The third kappa shape index (κ3) is 3.82. The van der Waals surface area contributed by atoms with E-state index in [9.17, 15) is 4.79 Å². The van der Waals surface area contributed by atoms with Crippen LogP contribution in [0.4, 0.5) is 5.13 Å². The molecule has 1 amide bonds. The van der Waals surface area contributed by atoms with Gasteiger partial charge in [-0.15, -0.1) is 10.2 Å². The Morgan fingerprint density at radius 2 is 1.85 bits per heavy atom. The number of amides is 1. The maximum absolute atomic E-state index is 12.9. The van der Waals surface area contributed by atoms with Gasteiger partial charge in [0, 0.05) is 12.1 Å². The second-order valence-corrected chi connectivity index (χ2v) is 7.43. The van der Waals surface area contributed by atoms with E-state index in [0.717, 1.165) is 27.4 Å². The molecule has 1 heterocycles. The van der Waals surface area contributed by atoms with E-state index in [1.807, 2.05) is 32.9 Å². The lowest BCUT2D eigenvalue weighted by Gasteiger charge is -2.17. The second kappa shape index (κ2) is 8.06. The molecule has 0 saturated heterocycles. The molecule has 0 fully saturated rings. The predicted molar refractivity (Wildman–Crippen MR) is 110 cm³/mol. The molecular formula is C20H20ClN3O2S. The molecule has 3 rings (SSSR count). The number of benzene rings is 2. The molecule has 0 saturated carbocycles. The van der Waals surface area contributed by atoms with Crippen LogP contribution in [-0.2, 0) is 0 Å². The lowest BCUT2D eigenvalue weighted by atomic mass is 10.1. The number of methoxy groups -OCH3 is 1. The van der Waals surface area contributed by atoms with Gasteiger partial charge in [-0.3, -0.25) is 9.69 Å². The first-order chi connectivity index (χ1) is 13.0. The molecule has 140 valence electrons. The first-order valence-corrected chi connectivity index (χ1v) is 9.71. The number of carbonyl (C=O) groups is 1. The van der Waals surface area contributed by atoms with Gasteiger partial charge in [0.2, 0.25) is 5.13 Å². The molecule has 0 aliphatic carbocycles. The van der Waals surface area contributed by atoms with Gasteiger partial charge >= 0.3 is 0 Å². The number of nitrogens with zero attached hydrogens (tertiary/aromatic N) is 3. The zero-order valence-electron chi connectivity index (χ0n) is 15.6. The van der Waals surface area contributed by atoms with Gasteiger partial charge in [0.25, 0.3) is 5.91 Å². The van der Waals surface area contributed by atoms with Gasteiger partial charge in [-0.2, -0.15) is 0 Å². The molecule has 1 aromatic heterocycles. The van der Waals surface area contributed by atoms with Crippen molar-refractivity contribution in [1.29, 1.82) is 0 Å². The molecule has 0 spiro atoms. The number of anilines is 1. The lowest BCUT2D eigenvalue weighted by Crippen LogP contribution is -2.30. The Morgan fingerprint density at radius 3 is 2.44 bits per heavy atom. The zero-order valence-corrected chi connectivity index (χ0v) is 17.2. The normalized spacial score (nSPS) is 10.7. The van der Waals surface area contributed by atoms with Crippen LogP contribution in [0.2, 0.25) is 5.02 Å². The highest BCUT2D eigenvalue weighted by molar-refractivity contribution is 7.18. The smallest absolute Gasteiger partial charge is 0.261 e. The number of ether oxygens (including phenoxy) is 1. The van der Waals surface area contributed by atoms with Gasteiger partial charge in [-0.05, 0) is 56.2 Å². The Balaban J connectivity index is 1.94. The van der Waals surface area contributed by atoms with Crippen LogP contribution in [-0.4, -0.2) is 29.8 Å². The first kappa shape index (κ1) is 19.3. The van der Waals surface area contributed by atoms with Crippen molar-refractivity contribution in [2.45, 2.75) is 20.8 Å². The van der Waals surface area contributed by atoms with Crippen molar-refractivity contribution in [2.24, 2.45) is 0 Å². The molecule has 0 aliphatic rings. The highest BCUT2D eigenvalue weighted by Crippen LogP contribution is 2.34. The van der Waals surface area contributed by atoms with E-state index in [1.165, 1.54) is 11.3 Å². The van der Waals surface area contributed by atoms with Crippen molar-refractivity contribution in [2.75, 3.05) is 18.6 Å². The minimum absolute atomic E-state index is 0.187. The summed E-state index contributed by atoms with van der Waals surface area (Å²) in [6, 6.07) is 11.0. The fraction of sp³-hybridized carbons (Fsp3) is 0.250. The molecule has 0 radical (unpaired) electrons. The van der Waals surface area contributed by atoms with Gasteiger partial charge in [0.05, 0.1) is 17.7 Å². The van der Waals surface area contributed by atoms with Gasteiger partial charge in [0.1, 0.15) is 10.8 Å². The molecule has 2 aromatic carbocycles. The molecule has 0 atom stereocenters. The van der Waals surface area contributed by atoms with Gasteiger partial charge in [-0.1, -0.05) is 35.1 Å². The topological polar surface area (TPSA) is 55.3 Å². The highest BCUT2D eigenvalue weighted by atomic mass is 35.5. The molecule has 0 aliphatic heterocycles. The summed E-state index contributed by atoms with van der Waals surface area (Å²) in [4.78, 5) is 14.5. The number of carbonyl (C=O) groups excluding carboxylic acids is 1. The predicted octanol–water partition coefficient (Wildman–Crippen LogP) is 5.15. The highest BCUT2D eigenvalue weighted by Gasteiger charge is 2.22. The summed E-state index contributed by atoms with van der Waals surface area (Å²) < 4.78 is 5.42. The first-order valence-electron chi connectivity index (χ1n) is 8.51. The number of aromatic nitrogens is 2. The van der Waals surface area contributed by atoms with E-state index in [-0.39, 0.29) is 5.91 Å². The summed E-state index contributed by atoms with van der Waals surface area (Å²) in [5.41, 5.74) is 3.47. The Hall–Kier alpha value is -2.44. The summed E-state index contributed by atoms with van der Waals surface area (Å²) in [5.74, 6) is 0.681. The van der Waals surface area contributed by atoms with Gasteiger partial charge in [-0.25, -0.2) is 0 Å². The molecule has 0 N–H and O–H groups in total. The van der Waals surface area contributed by atoms with Gasteiger partial charge in [0.15, 0.2) is 0 Å². The quantitative estimate of drug-likeness (QED) is 0.593. The summed E-state index contributed by atoms with van der Waals surface area (Å²) >= 11 is 7.56. The number of hydrogen-bond donors (Lipinski definition) is 0. The maximum Gasteiger partial charge on any atom is 0.261 e. The van der Waals surface area contributed by atoms with Crippen LogP contribution in [0.5, 0.6) is 5.75 Å². The Labute approximate surface area is 167 Å². The minimum Gasteiger partial charge on any atom is -0.496 e. The van der Waals surface area contributed by atoms with E-state index in [0.29, 0.717) is 22.3 Å². The average molecular weight is 402 g/mol. The van der Waals surface area contributed by atoms with Crippen molar-refractivity contribution >= 4 is 34.0 Å². The van der Waals surface area contributed by atoms with Crippen LogP contribution in [0.3, 0.4) is 0 Å². The molecular weight excluding hydrogens is 382 g/mol. The van der Waals surface area contributed by atoms with Crippen LogP contribution in [0.25, 0.3) is 10.6 Å². The number of halogens is 1. The van der Waals surface area contributed by atoms with Crippen LogP contribution < -0.4 is 9.64 Å². The van der Waals surface area contributed by atoms with Crippen molar-refractivity contribution < 1.29 is 9.53 Å². The zero-order chi connectivity index (χ0) is 19.6. The van der Waals surface area contributed by atoms with Crippen molar-refractivity contribution in [1.82, 2.24) is 10.2 Å².